The first-order chi connectivity index (χ1) is 9.71. The Balaban J connectivity index is 2.70. The molecule has 1 aromatic carbocycles. The number of alkyl carbamates (subject to hydrolysis) is 1. The van der Waals surface area contributed by atoms with Crippen LogP contribution in [0, 0.1) is 0 Å². The summed E-state index contributed by atoms with van der Waals surface area (Å²) in [5.74, 6) is 0. The lowest BCUT2D eigenvalue weighted by Crippen LogP contribution is -2.34. The predicted octanol–water partition coefficient (Wildman–Crippen LogP) is 4.52. The first-order valence-electron chi connectivity index (χ1n) is 6.80. The van der Waals surface area contributed by atoms with E-state index in [2.05, 4.69) is 17.2 Å². The normalized spacial score (nSPS) is 12.4. The Morgan fingerprint density at radius 3 is 2.62 bits per heavy atom. The lowest BCUT2D eigenvalue weighted by Gasteiger charge is -2.22. The van der Waals surface area contributed by atoms with Crippen LogP contribution in [0.3, 0.4) is 0 Å². The molecule has 4 nitrogen and oxygen atoms in total. The number of carbonyl (C=O) groups is 1. The van der Waals surface area contributed by atoms with Crippen molar-refractivity contribution in [2.75, 3.05) is 11.6 Å². The third-order valence-corrected chi connectivity index (χ3v) is 3.24. The van der Waals surface area contributed by atoms with E-state index in [1.807, 2.05) is 58.2 Å². The summed E-state index contributed by atoms with van der Waals surface area (Å²) in [6.07, 6.45) is 1.55. The smallest absolute Gasteiger partial charge is 0.408 e. The van der Waals surface area contributed by atoms with Gasteiger partial charge in [-0.2, -0.15) is 0 Å². The molecular weight excluding hydrogens is 284 g/mol. The summed E-state index contributed by atoms with van der Waals surface area (Å²) in [5, 5.41) is 6.91. The summed E-state index contributed by atoms with van der Waals surface area (Å²) >= 11 is 1.56. The van der Waals surface area contributed by atoms with E-state index in [1.54, 1.807) is 11.8 Å². The maximum atomic E-state index is 11.8. The zero-order valence-corrected chi connectivity index (χ0v) is 14.1. The largest absolute Gasteiger partial charge is 0.444 e. The number of benzene rings is 1. The Bertz CT molecular complexity index is 509. The molecule has 0 aliphatic rings. The van der Waals surface area contributed by atoms with Crippen molar-refractivity contribution < 1.29 is 9.53 Å². The number of anilines is 1. The summed E-state index contributed by atoms with van der Waals surface area (Å²) < 4.78 is 5.26. The molecule has 0 bridgehead atoms. The van der Waals surface area contributed by atoms with Crippen LogP contribution in [-0.2, 0) is 4.74 Å². The molecule has 0 spiro atoms. The maximum Gasteiger partial charge on any atom is 0.408 e. The van der Waals surface area contributed by atoms with Gasteiger partial charge in [0.2, 0.25) is 0 Å². The Hall–Kier alpha value is -1.62. The molecule has 0 aliphatic heterocycles. The van der Waals surface area contributed by atoms with Gasteiger partial charge in [0, 0.05) is 5.69 Å². The summed E-state index contributed by atoms with van der Waals surface area (Å²) in [5.41, 5.74) is 1.45. The zero-order valence-electron chi connectivity index (χ0n) is 13.3. The number of rotatable bonds is 5. The minimum atomic E-state index is -0.497. The van der Waals surface area contributed by atoms with Gasteiger partial charge in [-0.25, -0.2) is 4.79 Å². The number of hydrogen-bond donors (Lipinski definition) is 2. The fourth-order valence-electron chi connectivity index (χ4n) is 1.67. The monoisotopic (exact) mass is 308 g/mol. The van der Waals surface area contributed by atoms with Gasteiger partial charge in [-0.3, -0.25) is 0 Å². The first-order valence-corrected chi connectivity index (χ1v) is 8.03. The minimum Gasteiger partial charge on any atom is -0.444 e. The van der Waals surface area contributed by atoms with Crippen LogP contribution in [0.15, 0.2) is 35.9 Å². The van der Waals surface area contributed by atoms with E-state index < -0.39 is 11.7 Å². The van der Waals surface area contributed by atoms with E-state index in [-0.39, 0.29) is 6.04 Å². The molecule has 1 unspecified atom stereocenters. The highest BCUT2D eigenvalue weighted by atomic mass is 32.2. The number of ether oxygens (including phenoxy) is 1. The van der Waals surface area contributed by atoms with Crippen LogP contribution < -0.4 is 10.6 Å². The van der Waals surface area contributed by atoms with E-state index in [0.29, 0.717) is 0 Å². The summed E-state index contributed by atoms with van der Waals surface area (Å²) in [6, 6.07) is 7.73. The fourth-order valence-corrected chi connectivity index (χ4v) is 1.89. The van der Waals surface area contributed by atoms with Crippen LogP contribution in [0.1, 0.15) is 39.3 Å². The summed E-state index contributed by atoms with van der Waals surface area (Å²) in [6.45, 7) is 11.3. The predicted molar refractivity (Wildman–Crippen MR) is 90.5 cm³/mol. The van der Waals surface area contributed by atoms with E-state index >= 15 is 0 Å². The van der Waals surface area contributed by atoms with Crippen LogP contribution in [0.5, 0.6) is 0 Å². The fraction of sp³-hybridized carbons (Fsp3) is 0.438. The van der Waals surface area contributed by atoms with Crippen LogP contribution in [0.25, 0.3) is 0 Å². The van der Waals surface area contributed by atoms with Crippen molar-refractivity contribution in [3.05, 3.63) is 41.4 Å². The number of carbonyl (C=O) groups excluding carboxylic acids is 1. The Kier molecular flexibility index (Phi) is 6.15. The molecule has 1 amide bonds. The third kappa shape index (κ3) is 6.58. The van der Waals surface area contributed by atoms with Gasteiger partial charge < -0.3 is 15.4 Å². The van der Waals surface area contributed by atoms with Gasteiger partial charge in [-0.05, 0) is 51.6 Å². The highest BCUT2D eigenvalue weighted by Crippen LogP contribution is 2.21. The van der Waals surface area contributed by atoms with Crippen molar-refractivity contribution in [1.82, 2.24) is 5.32 Å². The van der Waals surface area contributed by atoms with Gasteiger partial charge in [0.25, 0.3) is 0 Å². The van der Waals surface area contributed by atoms with Gasteiger partial charge in [0.15, 0.2) is 0 Å². The molecule has 0 saturated heterocycles. The lowest BCUT2D eigenvalue weighted by molar-refractivity contribution is 0.0508. The SMILES string of the molecule is C=C(Nc1cccc(C(C)NC(=O)OC(C)(C)C)c1)SC. The molecule has 0 aliphatic carbocycles. The molecule has 1 aromatic rings. The van der Waals surface area contributed by atoms with Crippen molar-refractivity contribution in [2.45, 2.75) is 39.3 Å². The second-order valence-electron chi connectivity index (χ2n) is 5.75. The zero-order chi connectivity index (χ0) is 16.0. The Labute approximate surface area is 131 Å². The van der Waals surface area contributed by atoms with E-state index in [4.69, 9.17) is 4.74 Å². The van der Waals surface area contributed by atoms with Gasteiger partial charge >= 0.3 is 6.09 Å². The van der Waals surface area contributed by atoms with Crippen LogP contribution in [-0.4, -0.2) is 18.0 Å². The molecule has 0 fully saturated rings. The molecule has 0 saturated carbocycles. The van der Waals surface area contributed by atoms with Crippen LogP contribution in [0.4, 0.5) is 10.5 Å². The molecule has 1 atom stereocenters. The molecule has 0 heterocycles. The van der Waals surface area contributed by atoms with Gasteiger partial charge in [0.05, 0.1) is 11.1 Å². The van der Waals surface area contributed by atoms with Gasteiger partial charge in [0.1, 0.15) is 5.60 Å². The molecule has 21 heavy (non-hydrogen) atoms. The summed E-state index contributed by atoms with van der Waals surface area (Å²) in [7, 11) is 0. The maximum absolute atomic E-state index is 11.8. The van der Waals surface area contributed by atoms with E-state index in [0.717, 1.165) is 16.3 Å². The lowest BCUT2D eigenvalue weighted by atomic mass is 10.1. The van der Waals surface area contributed by atoms with Crippen molar-refractivity contribution >= 4 is 23.5 Å². The molecule has 1 rings (SSSR count). The average Bonchev–Trinajstić information content (AvgIpc) is 2.36. The Morgan fingerprint density at radius 2 is 2.05 bits per heavy atom. The highest BCUT2D eigenvalue weighted by molar-refractivity contribution is 8.02. The van der Waals surface area contributed by atoms with Crippen molar-refractivity contribution in [1.29, 1.82) is 0 Å². The third-order valence-electron chi connectivity index (χ3n) is 2.65. The second-order valence-corrected chi connectivity index (χ2v) is 6.65. The molecule has 0 radical (unpaired) electrons. The Morgan fingerprint density at radius 1 is 1.38 bits per heavy atom. The van der Waals surface area contributed by atoms with Crippen molar-refractivity contribution in [3.63, 3.8) is 0 Å². The highest BCUT2D eigenvalue weighted by Gasteiger charge is 2.18. The molecule has 5 heteroatoms. The number of nitrogens with one attached hydrogen (secondary N) is 2. The van der Waals surface area contributed by atoms with E-state index in [1.165, 1.54) is 0 Å². The quantitative estimate of drug-likeness (QED) is 0.840. The molecule has 0 aromatic heterocycles. The van der Waals surface area contributed by atoms with Crippen molar-refractivity contribution in [2.24, 2.45) is 0 Å². The van der Waals surface area contributed by atoms with Gasteiger partial charge in [-0.1, -0.05) is 18.7 Å². The second kappa shape index (κ2) is 7.41. The standard InChI is InChI=1S/C16H24N2O2S/c1-11(17-15(19)20-16(3,4)5)13-8-7-9-14(10-13)18-12(2)21-6/h7-11,18H,2H2,1,3-6H3,(H,17,19). The number of thioether (sulfide) groups is 1. The van der Waals surface area contributed by atoms with Crippen LogP contribution >= 0.6 is 11.8 Å². The molecular formula is C16H24N2O2S. The number of hydrogen-bond acceptors (Lipinski definition) is 4. The van der Waals surface area contributed by atoms with Crippen molar-refractivity contribution in [3.8, 4) is 0 Å². The molecule has 2 N–H and O–H groups in total. The van der Waals surface area contributed by atoms with Crippen LogP contribution in [0.2, 0.25) is 0 Å². The molecule has 116 valence electrons. The topological polar surface area (TPSA) is 50.4 Å². The first kappa shape index (κ1) is 17.4. The number of amides is 1. The summed E-state index contributed by atoms with van der Waals surface area (Å²) in [4.78, 5) is 11.8. The average molecular weight is 308 g/mol. The van der Waals surface area contributed by atoms with Gasteiger partial charge in [-0.15, -0.1) is 11.8 Å². The minimum absolute atomic E-state index is 0.135. The van der Waals surface area contributed by atoms with E-state index in [9.17, 15) is 4.79 Å².